The number of aryl methyl sites for hydroxylation is 2. The van der Waals surface area contributed by atoms with Gasteiger partial charge in [0.1, 0.15) is 0 Å². The minimum absolute atomic E-state index is 0.259. The van der Waals surface area contributed by atoms with Crippen LogP contribution in [0.5, 0.6) is 0 Å². The summed E-state index contributed by atoms with van der Waals surface area (Å²) in [4.78, 5) is 19.7. The summed E-state index contributed by atoms with van der Waals surface area (Å²) in [6.07, 6.45) is 1.53. The summed E-state index contributed by atoms with van der Waals surface area (Å²) in [5, 5.41) is 0.752. The second-order valence-electron chi connectivity index (χ2n) is 8.97. The highest BCUT2D eigenvalue weighted by Crippen LogP contribution is 2.30. The Morgan fingerprint density at radius 3 is 2.09 bits per heavy atom. The highest BCUT2D eigenvalue weighted by atomic mass is 35.5. The van der Waals surface area contributed by atoms with Gasteiger partial charge in [0.15, 0.2) is 5.65 Å². The van der Waals surface area contributed by atoms with E-state index in [1.54, 1.807) is 11.2 Å². The van der Waals surface area contributed by atoms with Crippen molar-refractivity contribution in [3.63, 3.8) is 0 Å². The van der Waals surface area contributed by atoms with Crippen LogP contribution in [0.2, 0.25) is 10.0 Å². The van der Waals surface area contributed by atoms with Gasteiger partial charge in [-0.3, -0.25) is 14.1 Å². The third kappa shape index (κ3) is 4.38. The number of piperazine rings is 1. The van der Waals surface area contributed by atoms with Crippen LogP contribution in [0, 0.1) is 34.6 Å². The van der Waals surface area contributed by atoms with Crippen molar-refractivity contribution in [1.29, 1.82) is 0 Å². The Bertz CT molecular complexity index is 1430. The predicted octanol–water partition coefficient (Wildman–Crippen LogP) is 4.05. The fourth-order valence-corrected chi connectivity index (χ4v) is 6.91. The zero-order chi connectivity index (χ0) is 24.9. The molecule has 0 amide bonds. The van der Waals surface area contributed by atoms with Crippen LogP contribution in [0.4, 0.5) is 0 Å². The number of fused-ring (bicyclic) bond motifs is 1. The summed E-state index contributed by atoms with van der Waals surface area (Å²) in [5.41, 5.74) is 4.93. The summed E-state index contributed by atoms with van der Waals surface area (Å²) < 4.78 is 29.9. The molecule has 1 aliphatic rings. The minimum atomic E-state index is -3.61. The van der Waals surface area contributed by atoms with E-state index in [1.165, 1.54) is 16.7 Å². The zero-order valence-corrected chi connectivity index (χ0v) is 22.3. The van der Waals surface area contributed by atoms with Crippen LogP contribution in [-0.2, 0) is 16.6 Å². The largest absolute Gasteiger partial charge is 0.295 e. The predicted molar refractivity (Wildman–Crippen MR) is 136 cm³/mol. The molecule has 1 aromatic carbocycles. The van der Waals surface area contributed by atoms with Gasteiger partial charge >= 0.3 is 0 Å². The van der Waals surface area contributed by atoms with E-state index in [2.05, 4.69) is 9.88 Å². The van der Waals surface area contributed by atoms with E-state index in [-0.39, 0.29) is 5.56 Å². The Morgan fingerprint density at radius 1 is 0.912 bits per heavy atom. The Balaban J connectivity index is 1.54. The van der Waals surface area contributed by atoms with Gasteiger partial charge in [0.05, 0.1) is 20.6 Å². The third-order valence-corrected chi connectivity index (χ3v) is 9.75. The summed E-state index contributed by atoms with van der Waals surface area (Å²) in [6, 6.07) is 3.50. The first-order chi connectivity index (χ1) is 15.9. The SMILES string of the molecule is Cc1cc(C)c(C)c(S(=O)(=O)N2CCN(Cc3cc(=O)n4cc(Cl)c(C)c(Cl)c4n3)CC2)c1C. The maximum Gasteiger partial charge on any atom is 0.258 e. The van der Waals surface area contributed by atoms with Crippen molar-refractivity contribution in [1.82, 2.24) is 18.6 Å². The lowest BCUT2D eigenvalue weighted by Crippen LogP contribution is -2.48. The molecule has 10 heteroatoms. The molecule has 4 rings (SSSR count). The molecule has 3 aromatic rings. The van der Waals surface area contributed by atoms with Crippen LogP contribution < -0.4 is 5.56 Å². The molecule has 0 radical (unpaired) electrons. The molecule has 1 fully saturated rings. The second-order valence-corrected chi connectivity index (χ2v) is 11.6. The van der Waals surface area contributed by atoms with Crippen molar-refractivity contribution < 1.29 is 8.42 Å². The Hall–Kier alpha value is -1.97. The molecule has 1 saturated heterocycles. The van der Waals surface area contributed by atoms with Gasteiger partial charge in [-0.05, 0) is 62.4 Å². The molecule has 3 heterocycles. The minimum Gasteiger partial charge on any atom is -0.295 e. The molecule has 1 aliphatic heterocycles. The number of pyridine rings is 1. The standard InChI is InChI=1S/C24H28Cl2N4O3S/c1-14-10-15(2)17(4)23(16(14)3)34(32,33)29-8-6-28(7-9-29)12-19-11-21(31)30-13-20(25)18(5)22(26)24(30)27-19/h10-11,13H,6-9,12H2,1-5H3. The maximum atomic E-state index is 13.5. The Morgan fingerprint density at radius 2 is 1.50 bits per heavy atom. The van der Waals surface area contributed by atoms with Gasteiger partial charge in [0, 0.05) is 45.0 Å². The number of rotatable bonds is 4. The van der Waals surface area contributed by atoms with Crippen LogP contribution in [0.1, 0.15) is 33.5 Å². The topological polar surface area (TPSA) is 75.0 Å². The van der Waals surface area contributed by atoms with Gasteiger partial charge in [-0.15, -0.1) is 0 Å². The van der Waals surface area contributed by atoms with Crippen molar-refractivity contribution in [2.45, 2.75) is 46.1 Å². The first kappa shape index (κ1) is 25.1. The van der Waals surface area contributed by atoms with Gasteiger partial charge in [-0.25, -0.2) is 13.4 Å². The van der Waals surface area contributed by atoms with Gasteiger partial charge < -0.3 is 0 Å². The molecule has 0 atom stereocenters. The van der Waals surface area contributed by atoms with Gasteiger partial charge in [-0.2, -0.15) is 4.31 Å². The van der Waals surface area contributed by atoms with Gasteiger partial charge in [0.25, 0.3) is 5.56 Å². The number of hydrogen-bond acceptors (Lipinski definition) is 5. The van der Waals surface area contributed by atoms with Crippen molar-refractivity contribution in [2.24, 2.45) is 0 Å². The molecule has 34 heavy (non-hydrogen) atoms. The normalized spacial score (nSPS) is 15.9. The fraction of sp³-hybridized carbons (Fsp3) is 0.417. The molecule has 2 aromatic heterocycles. The van der Waals surface area contributed by atoms with E-state index in [0.717, 1.165) is 22.3 Å². The van der Waals surface area contributed by atoms with Crippen LogP contribution in [0.3, 0.4) is 0 Å². The molecular weight excluding hydrogens is 495 g/mol. The van der Waals surface area contributed by atoms with E-state index >= 15 is 0 Å². The van der Waals surface area contributed by atoms with Crippen LogP contribution in [0.25, 0.3) is 5.65 Å². The summed E-state index contributed by atoms with van der Waals surface area (Å²) in [6.45, 7) is 11.7. The lowest BCUT2D eigenvalue weighted by atomic mass is 10.0. The van der Waals surface area contributed by atoms with E-state index in [4.69, 9.17) is 23.2 Å². The fourth-order valence-electron chi connectivity index (χ4n) is 4.44. The molecule has 0 unspecified atom stereocenters. The Kier molecular flexibility index (Phi) is 6.83. The molecule has 0 saturated carbocycles. The zero-order valence-electron chi connectivity index (χ0n) is 19.9. The molecule has 7 nitrogen and oxygen atoms in total. The summed E-state index contributed by atoms with van der Waals surface area (Å²) in [7, 11) is -3.61. The third-order valence-electron chi connectivity index (χ3n) is 6.74. The summed E-state index contributed by atoms with van der Waals surface area (Å²) >= 11 is 12.6. The van der Waals surface area contributed by atoms with E-state index < -0.39 is 10.0 Å². The smallest absolute Gasteiger partial charge is 0.258 e. The average Bonchev–Trinajstić information content (AvgIpc) is 2.77. The number of nitrogens with zero attached hydrogens (tertiary/aromatic N) is 4. The van der Waals surface area contributed by atoms with E-state index in [0.29, 0.717) is 64.6 Å². The quantitative estimate of drug-likeness (QED) is 0.516. The number of sulfonamides is 1. The summed E-state index contributed by atoms with van der Waals surface area (Å²) in [5.74, 6) is 0. The van der Waals surface area contributed by atoms with Gasteiger partial charge in [0.2, 0.25) is 10.0 Å². The number of hydrogen-bond donors (Lipinski definition) is 0. The average molecular weight is 523 g/mol. The van der Waals surface area contributed by atoms with E-state index in [1.807, 2.05) is 33.8 Å². The number of aromatic nitrogens is 2. The van der Waals surface area contributed by atoms with Crippen LogP contribution in [-0.4, -0.2) is 53.2 Å². The molecule has 0 bridgehead atoms. The lowest BCUT2D eigenvalue weighted by Gasteiger charge is -2.34. The molecule has 0 aliphatic carbocycles. The van der Waals surface area contributed by atoms with Crippen molar-refractivity contribution in [3.8, 4) is 0 Å². The highest BCUT2D eigenvalue weighted by Gasteiger charge is 2.32. The molecule has 0 N–H and O–H groups in total. The van der Waals surface area contributed by atoms with Gasteiger partial charge in [-0.1, -0.05) is 29.3 Å². The molecule has 0 spiro atoms. The second kappa shape index (κ2) is 9.24. The van der Waals surface area contributed by atoms with Crippen molar-refractivity contribution >= 4 is 38.9 Å². The van der Waals surface area contributed by atoms with Crippen molar-refractivity contribution in [2.75, 3.05) is 26.2 Å². The maximum absolute atomic E-state index is 13.5. The Labute approximate surface area is 210 Å². The first-order valence-corrected chi connectivity index (χ1v) is 13.3. The lowest BCUT2D eigenvalue weighted by molar-refractivity contribution is 0.180. The molecule has 182 valence electrons. The van der Waals surface area contributed by atoms with Crippen molar-refractivity contribution in [3.05, 3.63) is 72.2 Å². The first-order valence-electron chi connectivity index (χ1n) is 11.1. The van der Waals surface area contributed by atoms with Crippen LogP contribution >= 0.6 is 23.2 Å². The van der Waals surface area contributed by atoms with Crippen LogP contribution in [0.15, 0.2) is 28.0 Å². The number of halogens is 2. The molecular formula is C24H28Cl2N4O3S. The number of benzene rings is 1. The highest BCUT2D eigenvalue weighted by molar-refractivity contribution is 7.89. The van der Waals surface area contributed by atoms with E-state index in [9.17, 15) is 13.2 Å². The monoisotopic (exact) mass is 522 g/mol.